The monoisotopic (exact) mass is 522 g/mol. The Morgan fingerprint density at radius 2 is 2.08 bits per heavy atom. The van der Waals surface area contributed by atoms with E-state index in [2.05, 4.69) is 25.3 Å². The summed E-state index contributed by atoms with van der Waals surface area (Å²) < 4.78 is 11.9. The maximum Gasteiger partial charge on any atom is 0.407 e. The Balaban J connectivity index is 1.47. The van der Waals surface area contributed by atoms with Crippen molar-refractivity contribution in [1.82, 2.24) is 19.9 Å². The van der Waals surface area contributed by atoms with Gasteiger partial charge in [0.1, 0.15) is 28.8 Å². The van der Waals surface area contributed by atoms with Crippen molar-refractivity contribution >= 4 is 34.6 Å². The minimum Gasteiger partial charge on any atom is -0.491 e. The molecule has 0 bridgehead atoms. The minimum absolute atomic E-state index is 0.0337. The van der Waals surface area contributed by atoms with Crippen LogP contribution in [0.2, 0.25) is 0 Å². The molecule has 1 fully saturated rings. The van der Waals surface area contributed by atoms with Crippen LogP contribution < -0.4 is 26.7 Å². The number of nitrogens with one attached hydrogen (secondary N) is 3. The highest BCUT2D eigenvalue weighted by Gasteiger charge is 2.23. The lowest BCUT2D eigenvalue weighted by molar-refractivity contribution is -0.118. The number of para-hydroxylation sites is 1. The van der Waals surface area contributed by atoms with E-state index in [-0.39, 0.29) is 25.1 Å². The van der Waals surface area contributed by atoms with Crippen molar-refractivity contribution in [2.75, 3.05) is 19.0 Å². The number of rotatable bonds is 12. The molecule has 200 valence electrons. The largest absolute Gasteiger partial charge is 0.491 e. The van der Waals surface area contributed by atoms with E-state index >= 15 is 0 Å². The van der Waals surface area contributed by atoms with Crippen LogP contribution in [0, 0.1) is 5.92 Å². The number of carbonyl (C=O) groups is 3. The van der Waals surface area contributed by atoms with Gasteiger partial charge in [0.25, 0.3) is 5.56 Å². The molecule has 3 amide bonds. The normalized spacial score (nSPS) is 13.8. The number of carbonyl (C=O) groups excluding carboxylic acids is 3. The maximum absolute atomic E-state index is 13.1. The Bertz CT molecular complexity index is 1410. The summed E-state index contributed by atoms with van der Waals surface area (Å²) in [5.41, 5.74) is 6.15. The van der Waals surface area contributed by atoms with Crippen LogP contribution in [-0.2, 0) is 20.9 Å². The van der Waals surface area contributed by atoms with Gasteiger partial charge in [-0.1, -0.05) is 12.1 Å². The molecule has 38 heavy (non-hydrogen) atoms. The first-order valence-electron chi connectivity index (χ1n) is 12.2. The number of alkyl carbamates (subject to hydrolysis) is 1. The van der Waals surface area contributed by atoms with Crippen LogP contribution in [-0.4, -0.2) is 52.2 Å². The second-order valence-electron chi connectivity index (χ2n) is 9.00. The van der Waals surface area contributed by atoms with Gasteiger partial charge in [0.15, 0.2) is 0 Å². The topological polar surface area (TPSA) is 170 Å². The minimum atomic E-state index is -1.02. The lowest BCUT2D eigenvalue weighted by Gasteiger charge is -2.17. The summed E-state index contributed by atoms with van der Waals surface area (Å²) in [6.45, 7) is 0.802. The van der Waals surface area contributed by atoms with E-state index in [9.17, 15) is 19.2 Å². The molecule has 1 aliphatic rings. The van der Waals surface area contributed by atoms with Gasteiger partial charge in [-0.15, -0.1) is 0 Å². The number of imidazole rings is 1. The van der Waals surface area contributed by atoms with E-state index in [1.807, 2.05) is 18.2 Å². The Labute approximate surface area is 218 Å². The van der Waals surface area contributed by atoms with Crippen LogP contribution in [0.25, 0.3) is 11.0 Å². The number of nitrogens with two attached hydrogens (primary N) is 1. The van der Waals surface area contributed by atoms with E-state index in [1.54, 1.807) is 12.3 Å². The van der Waals surface area contributed by atoms with Gasteiger partial charge < -0.3 is 35.4 Å². The number of aromatic amines is 1. The number of anilines is 1. The van der Waals surface area contributed by atoms with Crippen LogP contribution >= 0.6 is 0 Å². The van der Waals surface area contributed by atoms with Crippen LogP contribution in [0.5, 0.6) is 5.75 Å². The lowest BCUT2D eigenvalue weighted by atomic mass is 10.1. The second-order valence-corrected chi connectivity index (χ2v) is 9.00. The number of pyridine rings is 1. The van der Waals surface area contributed by atoms with E-state index in [0.717, 1.165) is 5.52 Å². The highest BCUT2D eigenvalue weighted by molar-refractivity contribution is 5.96. The number of hydrogen-bond acceptors (Lipinski definition) is 7. The maximum atomic E-state index is 13.1. The van der Waals surface area contributed by atoms with Gasteiger partial charge >= 0.3 is 6.09 Å². The van der Waals surface area contributed by atoms with Gasteiger partial charge in [-0.25, -0.2) is 9.78 Å². The van der Waals surface area contributed by atoms with Crippen molar-refractivity contribution < 1.29 is 23.9 Å². The molecule has 1 aliphatic carbocycles. The molecule has 2 heterocycles. The average molecular weight is 523 g/mol. The molecule has 5 N–H and O–H groups in total. The molecule has 0 spiro atoms. The number of amides is 3. The smallest absolute Gasteiger partial charge is 0.407 e. The molecule has 1 aromatic carbocycles. The highest BCUT2D eigenvalue weighted by Crippen LogP contribution is 2.31. The first kappa shape index (κ1) is 26.5. The standard InChI is InChI=1S/C26H30N6O6/c1-37-26(36)30-18(6-2-3-10-21(27)33)24(34)29-19-8-5-13-32(25(19)35)14-22-28-17-7-4-9-20(23(17)31-22)38-15-16-11-12-16/h3-5,7-10,13,16,18H,2,6,11-12,14-15H2,1H3,(H2,27,33)(H,28,31)(H,29,34)(H,30,36)/b10-3+/t18-/m0/s1. The summed E-state index contributed by atoms with van der Waals surface area (Å²) in [4.78, 5) is 56.5. The number of H-pyrrole nitrogens is 1. The van der Waals surface area contributed by atoms with Gasteiger partial charge in [0.2, 0.25) is 11.8 Å². The van der Waals surface area contributed by atoms with Crippen molar-refractivity contribution in [3.63, 3.8) is 0 Å². The average Bonchev–Trinajstić information content (AvgIpc) is 3.63. The van der Waals surface area contributed by atoms with Crippen molar-refractivity contribution in [1.29, 1.82) is 0 Å². The van der Waals surface area contributed by atoms with Crippen LogP contribution in [0.1, 0.15) is 31.5 Å². The van der Waals surface area contributed by atoms with Crippen molar-refractivity contribution in [3.8, 4) is 5.75 Å². The summed E-state index contributed by atoms with van der Waals surface area (Å²) in [6.07, 6.45) is 6.25. The fourth-order valence-corrected chi connectivity index (χ4v) is 3.81. The van der Waals surface area contributed by atoms with Crippen molar-refractivity contribution in [2.45, 2.75) is 38.3 Å². The second kappa shape index (κ2) is 12.1. The number of benzene rings is 1. The zero-order valence-electron chi connectivity index (χ0n) is 20.9. The Hall–Kier alpha value is -4.61. The number of nitrogens with zero attached hydrogens (tertiary/aromatic N) is 2. The number of fused-ring (bicyclic) bond motifs is 1. The Morgan fingerprint density at radius 1 is 1.26 bits per heavy atom. The summed E-state index contributed by atoms with van der Waals surface area (Å²) in [5.74, 6) is 0.621. The predicted molar refractivity (Wildman–Crippen MR) is 140 cm³/mol. The summed E-state index contributed by atoms with van der Waals surface area (Å²) in [6, 6.07) is 7.74. The third-order valence-corrected chi connectivity index (χ3v) is 5.99. The van der Waals surface area contributed by atoms with Gasteiger partial charge in [-0.05, 0) is 61.9 Å². The van der Waals surface area contributed by atoms with Crippen LogP contribution in [0.4, 0.5) is 10.5 Å². The number of primary amides is 1. The Morgan fingerprint density at radius 3 is 2.82 bits per heavy atom. The van der Waals surface area contributed by atoms with Crippen LogP contribution in [0.3, 0.4) is 0 Å². The lowest BCUT2D eigenvalue weighted by Crippen LogP contribution is -2.44. The number of aromatic nitrogens is 3. The molecule has 2 aromatic heterocycles. The summed E-state index contributed by atoms with van der Waals surface area (Å²) in [7, 11) is 1.17. The van der Waals surface area contributed by atoms with Gasteiger partial charge in [0.05, 0.1) is 25.8 Å². The van der Waals surface area contributed by atoms with Crippen LogP contribution in [0.15, 0.2) is 53.5 Å². The summed E-state index contributed by atoms with van der Waals surface area (Å²) in [5, 5.41) is 5.01. The zero-order valence-corrected chi connectivity index (χ0v) is 20.9. The molecule has 4 rings (SSSR count). The molecule has 0 radical (unpaired) electrons. The molecule has 0 saturated heterocycles. The van der Waals surface area contributed by atoms with Gasteiger partial charge in [-0.3, -0.25) is 14.4 Å². The first-order chi connectivity index (χ1) is 18.3. The van der Waals surface area contributed by atoms with Gasteiger partial charge in [0, 0.05) is 6.20 Å². The van der Waals surface area contributed by atoms with Crippen molar-refractivity contribution in [3.05, 3.63) is 64.9 Å². The van der Waals surface area contributed by atoms with E-state index in [4.69, 9.17) is 10.5 Å². The third kappa shape index (κ3) is 6.99. The van der Waals surface area contributed by atoms with E-state index in [1.165, 1.54) is 42.7 Å². The molecular weight excluding hydrogens is 492 g/mol. The fraction of sp³-hybridized carbons (Fsp3) is 0.346. The number of ether oxygens (including phenoxy) is 2. The molecular formula is C26H30N6O6. The molecule has 0 aliphatic heterocycles. The SMILES string of the molecule is COC(=O)N[C@@H](CC/C=C/C(N)=O)C(=O)Nc1cccn(Cc2nc3c(OCC4CC4)cccc3[nH]2)c1=O. The molecule has 12 nitrogen and oxygen atoms in total. The van der Waals surface area contributed by atoms with E-state index in [0.29, 0.717) is 29.6 Å². The zero-order chi connectivity index (χ0) is 27.1. The quantitative estimate of drug-likeness (QED) is 0.264. The van der Waals surface area contributed by atoms with Crippen molar-refractivity contribution in [2.24, 2.45) is 11.7 Å². The number of hydrogen-bond donors (Lipinski definition) is 4. The molecule has 3 aromatic rings. The van der Waals surface area contributed by atoms with Gasteiger partial charge in [-0.2, -0.15) is 0 Å². The Kier molecular flexibility index (Phi) is 8.41. The third-order valence-electron chi connectivity index (χ3n) is 5.99. The number of methoxy groups -OCH3 is 1. The fourth-order valence-electron chi connectivity index (χ4n) is 3.81. The first-order valence-corrected chi connectivity index (χ1v) is 12.2. The molecule has 12 heteroatoms. The predicted octanol–water partition coefficient (Wildman–Crippen LogP) is 2.05. The summed E-state index contributed by atoms with van der Waals surface area (Å²) >= 11 is 0. The molecule has 1 atom stereocenters. The number of allylic oxidation sites excluding steroid dienone is 1. The van der Waals surface area contributed by atoms with E-state index < -0.39 is 29.5 Å². The molecule has 1 saturated carbocycles. The molecule has 0 unspecified atom stereocenters. The highest BCUT2D eigenvalue weighted by atomic mass is 16.5.